The standard InChI is InChI=1S/C17H34N2O4/c1-4-6-8-15(20)12-18-10-11-19(14(3)17(22)23)13-16(21)9-7-5-2/h13-15,18,20-21H,4-12H2,1-3H3,(H,22,23)/b16-13+. The zero-order chi connectivity index (χ0) is 17.7. The lowest BCUT2D eigenvalue weighted by Gasteiger charge is -2.25. The SMILES string of the molecule is CCCC/C(O)=C\N(CCNCC(O)CCCC)C(C)C(=O)O. The van der Waals surface area contributed by atoms with Crippen LogP contribution < -0.4 is 5.32 Å². The molecule has 2 atom stereocenters. The van der Waals surface area contributed by atoms with Crippen molar-refractivity contribution in [3.05, 3.63) is 12.0 Å². The predicted molar refractivity (Wildman–Crippen MR) is 92.4 cm³/mol. The van der Waals surface area contributed by atoms with Crippen LogP contribution in [-0.4, -0.2) is 58.0 Å². The van der Waals surface area contributed by atoms with Crippen LogP contribution in [0.15, 0.2) is 12.0 Å². The van der Waals surface area contributed by atoms with Gasteiger partial charge in [-0.3, -0.25) is 0 Å². The number of unbranched alkanes of at least 4 members (excludes halogenated alkanes) is 2. The fourth-order valence-corrected chi connectivity index (χ4v) is 2.14. The minimum absolute atomic E-state index is 0.211. The summed E-state index contributed by atoms with van der Waals surface area (Å²) in [4.78, 5) is 12.8. The van der Waals surface area contributed by atoms with Crippen molar-refractivity contribution in [1.82, 2.24) is 10.2 Å². The topological polar surface area (TPSA) is 93.0 Å². The number of aliphatic hydroxyl groups excluding tert-OH is 2. The molecular formula is C17H34N2O4. The molecule has 2 unspecified atom stereocenters. The number of allylic oxidation sites excluding steroid dienone is 1. The monoisotopic (exact) mass is 330 g/mol. The van der Waals surface area contributed by atoms with Gasteiger partial charge >= 0.3 is 5.97 Å². The molecule has 23 heavy (non-hydrogen) atoms. The van der Waals surface area contributed by atoms with E-state index in [-0.39, 0.29) is 11.9 Å². The highest BCUT2D eigenvalue weighted by molar-refractivity contribution is 5.73. The van der Waals surface area contributed by atoms with E-state index in [4.69, 9.17) is 0 Å². The molecular weight excluding hydrogens is 296 g/mol. The molecule has 0 spiro atoms. The van der Waals surface area contributed by atoms with Crippen LogP contribution in [0.2, 0.25) is 0 Å². The molecule has 0 aromatic carbocycles. The van der Waals surface area contributed by atoms with Crippen molar-refractivity contribution >= 4 is 5.97 Å². The first-order valence-corrected chi connectivity index (χ1v) is 8.69. The number of nitrogens with one attached hydrogen (secondary N) is 1. The molecule has 0 radical (unpaired) electrons. The summed E-state index contributed by atoms with van der Waals surface area (Å²) in [5, 5.41) is 32.0. The smallest absolute Gasteiger partial charge is 0.326 e. The summed E-state index contributed by atoms with van der Waals surface area (Å²) in [7, 11) is 0. The molecule has 6 heteroatoms. The van der Waals surface area contributed by atoms with Gasteiger partial charge in [-0.05, 0) is 19.8 Å². The number of carboxylic acid groups (broad SMARTS) is 1. The van der Waals surface area contributed by atoms with E-state index >= 15 is 0 Å². The summed E-state index contributed by atoms with van der Waals surface area (Å²) in [6.07, 6.45) is 6.40. The Bertz CT molecular complexity index is 347. The Labute approximate surface area is 140 Å². The molecule has 0 rings (SSSR count). The molecule has 0 aliphatic heterocycles. The molecule has 0 aliphatic carbocycles. The van der Waals surface area contributed by atoms with E-state index in [0.29, 0.717) is 26.1 Å². The fourth-order valence-electron chi connectivity index (χ4n) is 2.14. The van der Waals surface area contributed by atoms with Gasteiger partial charge in [0.1, 0.15) is 11.8 Å². The largest absolute Gasteiger partial charge is 0.511 e. The molecule has 4 N–H and O–H groups in total. The van der Waals surface area contributed by atoms with E-state index in [0.717, 1.165) is 32.1 Å². The number of aliphatic carboxylic acids is 1. The van der Waals surface area contributed by atoms with E-state index < -0.39 is 12.0 Å². The number of nitrogens with zero attached hydrogens (tertiary/aromatic N) is 1. The van der Waals surface area contributed by atoms with Crippen molar-refractivity contribution in [1.29, 1.82) is 0 Å². The summed E-state index contributed by atoms with van der Waals surface area (Å²) < 4.78 is 0. The first-order valence-electron chi connectivity index (χ1n) is 8.69. The number of hydrogen-bond acceptors (Lipinski definition) is 5. The van der Waals surface area contributed by atoms with Gasteiger partial charge in [-0.15, -0.1) is 0 Å². The molecule has 0 bridgehead atoms. The molecule has 6 nitrogen and oxygen atoms in total. The highest BCUT2D eigenvalue weighted by Crippen LogP contribution is 2.08. The molecule has 0 amide bonds. The summed E-state index contributed by atoms with van der Waals surface area (Å²) >= 11 is 0. The zero-order valence-electron chi connectivity index (χ0n) is 14.8. The Morgan fingerprint density at radius 1 is 1.22 bits per heavy atom. The Morgan fingerprint density at radius 2 is 1.87 bits per heavy atom. The molecule has 0 heterocycles. The van der Waals surface area contributed by atoms with Crippen LogP contribution in [0.3, 0.4) is 0 Å². The molecule has 0 saturated heterocycles. The lowest BCUT2D eigenvalue weighted by atomic mass is 10.1. The maximum absolute atomic E-state index is 11.2. The van der Waals surface area contributed by atoms with Crippen LogP contribution in [0.4, 0.5) is 0 Å². The molecule has 0 aromatic heterocycles. The highest BCUT2D eigenvalue weighted by Gasteiger charge is 2.18. The van der Waals surface area contributed by atoms with Crippen molar-refractivity contribution < 1.29 is 20.1 Å². The van der Waals surface area contributed by atoms with Crippen LogP contribution in [-0.2, 0) is 4.79 Å². The van der Waals surface area contributed by atoms with Crippen LogP contribution in [0.5, 0.6) is 0 Å². The van der Waals surface area contributed by atoms with E-state index in [1.165, 1.54) is 6.20 Å². The fraction of sp³-hybridized carbons (Fsp3) is 0.824. The molecule has 0 saturated carbocycles. The van der Waals surface area contributed by atoms with Crippen molar-refractivity contribution in [2.24, 2.45) is 0 Å². The van der Waals surface area contributed by atoms with Crippen LogP contribution in [0, 0.1) is 0 Å². The molecule has 0 aromatic rings. The van der Waals surface area contributed by atoms with Gasteiger partial charge in [0.15, 0.2) is 0 Å². The number of aliphatic hydroxyl groups is 2. The Balaban J connectivity index is 4.35. The van der Waals surface area contributed by atoms with Crippen LogP contribution in [0.1, 0.15) is 59.3 Å². The number of carbonyl (C=O) groups is 1. The van der Waals surface area contributed by atoms with Gasteiger partial charge in [-0.1, -0.05) is 33.1 Å². The van der Waals surface area contributed by atoms with Gasteiger partial charge in [0.25, 0.3) is 0 Å². The normalized spacial score (nSPS) is 14.5. The lowest BCUT2D eigenvalue weighted by molar-refractivity contribution is -0.141. The minimum Gasteiger partial charge on any atom is -0.511 e. The second kappa shape index (κ2) is 13.2. The first-order chi connectivity index (χ1) is 10.9. The van der Waals surface area contributed by atoms with Crippen LogP contribution >= 0.6 is 0 Å². The van der Waals surface area contributed by atoms with Gasteiger partial charge in [-0.25, -0.2) is 4.79 Å². The van der Waals surface area contributed by atoms with Gasteiger partial charge < -0.3 is 25.5 Å². The maximum Gasteiger partial charge on any atom is 0.326 e. The summed E-state index contributed by atoms with van der Waals surface area (Å²) in [5.41, 5.74) is 0. The third-order valence-electron chi connectivity index (χ3n) is 3.77. The number of rotatable bonds is 14. The van der Waals surface area contributed by atoms with E-state index in [1.807, 2.05) is 6.92 Å². The average molecular weight is 330 g/mol. The zero-order valence-corrected chi connectivity index (χ0v) is 14.8. The van der Waals surface area contributed by atoms with Crippen molar-refractivity contribution in [2.75, 3.05) is 19.6 Å². The lowest BCUT2D eigenvalue weighted by Crippen LogP contribution is -2.40. The Kier molecular flexibility index (Phi) is 12.5. The Morgan fingerprint density at radius 3 is 2.43 bits per heavy atom. The number of hydrogen-bond donors (Lipinski definition) is 4. The molecule has 0 aliphatic rings. The first kappa shape index (κ1) is 21.7. The summed E-state index contributed by atoms with van der Waals surface area (Å²) in [6.45, 7) is 7.24. The summed E-state index contributed by atoms with van der Waals surface area (Å²) in [5.74, 6) is -0.713. The van der Waals surface area contributed by atoms with E-state index in [9.17, 15) is 20.1 Å². The van der Waals surface area contributed by atoms with Gasteiger partial charge in [0.2, 0.25) is 0 Å². The third kappa shape index (κ3) is 11.0. The quantitative estimate of drug-likeness (QED) is 0.289. The van der Waals surface area contributed by atoms with Crippen molar-refractivity contribution in [3.63, 3.8) is 0 Å². The van der Waals surface area contributed by atoms with Crippen molar-refractivity contribution in [2.45, 2.75) is 71.4 Å². The van der Waals surface area contributed by atoms with E-state index in [1.54, 1.807) is 11.8 Å². The highest BCUT2D eigenvalue weighted by atomic mass is 16.4. The average Bonchev–Trinajstić information content (AvgIpc) is 2.52. The van der Waals surface area contributed by atoms with Crippen molar-refractivity contribution in [3.8, 4) is 0 Å². The minimum atomic E-state index is -0.924. The van der Waals surface area contributed by atoms with E-state index in [2.05, 4.69) is 12.2 Å². The molecule has 0 fully saturated rings. The van der Waals surface area contributed by atoms with Crippen LogP contribution in [0.25, 0.3) is 0 Å². The maximum atomic E-state index is 11.2. The predicted octanol–water partition coefficient (Wildman–Crippen LogP) is 2.49. The Hall–Kier alpha value is -1.27. The second-order valence-corrected chi connectivity index (χ2v) is 5.98. The molecule has 136 valence electrons. The third-order valence-corrected chi connectivity index (χ3v) is 3.77. The van der Waals surface area contributed by atoms with Gasteiger partial charge in [-0.2, -0.15) is 0 Å². The summed E-state index contributed by atoms with van der Waals surface area (Å²) in [6, 6.07) is -0.703. The second-order valence-electron chi connectivity index (χ2n) is 5.98. The van der Waals surface area contributed by atoms with Gasteiger partial charge in [0, 0.05) is 32.3 Å². The van der Waals surface area contributed by atoms with Gasteiger partial charge in [0.05, 0.1) is 6.10 Å². The number of carboxylic acids is 1.